The third-order valence-electron chi connectivity index (χ3n) is 4.23. The van der Waals surface area contributed by atoms with Gasteiger partial charge in [0.2, 0.25) is 5.91 Å². The van der Waals surface area contributed by atoms with E-state index in [0.717, 1.165) is 12.0 Å². The number of carbonyl (C=O) groups excluding carboxylic acids is 2. The predicted molar refractivity (Wildman–Crippen MR) is 117 cm³/mol. The van der Waals surface area contributed by atoms with Crippen molar-refractivity contribution in [3.8, 4) is 5.75 Å². The van der Waals surface area contributed by atoms with Crippen molar-refractivity contribution in [2.75, 3.05) is 13.2 Å². The third kappa shape index (κ3) is 7.11. The molecule has 0 spiro atoms. The minimum atomic E-state index is -0.683. The molecule has 0 radical (unpaired) electrons. The van der Waals surface area contributed by atoms with E-state index in [1.807, 2.05) is 6.92 Å². The maximum absolute atomic E-state index is 12.9. The Bertz CT molecular complexity index is 844. The number of amides is 2. The van der Waals surface area contributed by atoms with Gasteiger partial charge < -0.3 is 15.0 Å². The van der Waals surface area contributed by atoms with Gasteiger partial charge in [0.25, 0.3) is 5.91 Å². The quantitative estimate of drug-likeness (QED) is 0.578. The van der Waals surface area contributed by atoms with Gasteiger partial charge in [-0.2, -0.15) is 0 Å². The number of nitrogens with one attached hydrogen (secondary N) is 1. The van der Waals surface area contributed by atoms with E-state index in [-0.39, 0.29) is 25.0 Å². The molecule has 5 nitrogen and oxygen atoms in total. The van der Waals surface area contributed by atoms with Crippen LogP contribution in [0.2, 0.25) is 15.1 Å². The highest BCUT2D eigenvalue weighted by Crippen LogP contribution is 2.24. The van der Waals surface area contributed by atoms with Gasteiger partial charge in [0, 0.05) is 18.1 Å². The van der Waals surface area contributed by atoms with Crippen LogP contribution in [0.15, 0.2) is 42.5 Å². The Hall–Kier alpha value is -1.95. The number of carbonyl (C=O) groups is 2. The first-order valence-electron chi connectivity index (χ1n) is 9.21. The van der Waals surface area contributed by atoms with Crippen LogP contribution >= 0.6 is 34.8 Å². The highest BCUT2D eigenvalue weighted by atomic mass is 35.5. The van der Waals surface area contributed by atoms with Crippen LogP contribution in [0.3, 0.4) is 0 Å². The Morgan fingerprint density at radius 1 is 1.07 bits per heavy atom. The van der Waals surface area contributed by atoms with Crippen LogP contribution in [0.25, 0.3) is 0 Å². The van der Waals surface area contributed by atoms with E-state index in [9.17, 15) is 9.59 Å². The van der Waals surface area contributed by atoms with E-state index in [0.29, 0.717) is 27.4 Å². The largest absolute Gasteiger partial charge is 0.484 e. The normalized spacial score (nSPS) is 11.6. The lowest BCUT2D eigenvalue weighted by molar-refractivity contribution is -0.142. The summed E-state index contributed by atoms with van der Waals surface area (Å²) in [4.78, 5) is 26.8. The summed E-state index contributed by atoms with van der Waals surface area (Å²) >= 11 is 17.9. The average Bonchev–Trinajstić information content (AvgIpc) is 2.71. The molecule has 0 aliphatic carbocycles. The SMILES string of the molecule is CCCNC(=O)[C@@H](C)N(Cc1ccc(Cl)c(Cl)c1)C(=O)COc1ccc(Cl)cc1. The van der Waals surface area contributed by atoms with Crippen LogP contribution in [0.5, 0.6) is 5.75 Å². The second kappa shape index (κ2) is 11.3. The van der Waals surface area contributed by atoms with Crippen LogP contribution in [0.4, 0.5) is 0 Å². The monoisotopic (exact) mass is 456 g/mol. The summed E-state index contributed by atoms with van der Waals surface area (Å²) in [6.45, 7) is 4.17. The molecule has 0 saturated carbocycles. The number of halogens is 3. The first kappa shape index (κ1) is 23.3. The van der Waals surface area contributed by atoms with Crippen molar-refractivity contribution < 1.29 is 14.3 Å². The molecular weight excluding hydrogens is 435 g/mol. The summed E-state index contributed by atoms with van der Waals surface area (Å²) in [7, 11) is 0. The van der Waals surface area contributed by atoms with Gasteiger partial charge in [0.1, 0.15) is 11.8 Å². The van der Waals surface area contributed by atoms with Crippen molar-refractivity contribution >= 4 is 46.6 Å². The molecule has 0 saturated heterocycles. The van der Waals surface area contributed by atoms with Gasteiger partial charge in [-0.05, 0) is 55.3 Å². The number of hydrogen-bond donors (Lipinski definition) is 1. The van der Waals surface area contributed by atoms with E-state index in [4.69, 9.17) is 39.5 Å². The van der Waals surface area contributed by atoms with Crippen LogP contribution in [0, 0.1) is 0 Å². The lowest BCUT2D eigenvalue weighted by Gasteiger charge is -2.28. The molecule has 0 aliphatic heterocycles. The fourth-order valence-corrected chi connectivity index (χ4v) is 3.02. The van der Waals surface area contributed by atoms with E-state index >= 15 is 0 Å². The molecule has 0 bridgehead atoms. The molecule has 8 heteroatoms. The maximum atomic E-state index is 12.9. The number of ether oxygens (including phenoxy) is 1. The molecule has 1 N–H and O–H groups in total. The maximum Gasteiger partial charge on any atom is 0.261 e. The van der Waals surface area contributed by atoms with E-state index in [1.165, 1.54) is 4.90 Å². The first-order chi connectivity index (χ1) is 13.8. The van der Waals surface area contributed by atoms with Gasteiger partial charge in [0.05, 0.1) is 10.0 Å². The van der Waals surface area contributed by atoms with E-state index in [2.05, 4.69) is 5.32 Å². The highest BCUT2D eigenvalue weighted by molar-refractivity contribution is 6.42. The number of benzene rings is 2. The Labute approximate surface area is 185 Å². The van der Waals surface area contributed by atoms with Gasteiger partial charge in [-0.1, -0.05) is 47.8 Å². The zero-order valence-electron chi connectivity index (χ0n) is 16.3. The number of nitrogens with zero attached hydrogens (tertiary/aromatic N) is 1. The predicted octanol–water partition coefficient (Wildman–Crippen LogP) is 4.97. The molecule has 0 fully saturated rings. The summed E-state index contributed by atoms with van der Waals surface area (Å²) in [6.07, 6.45) is 0.804. The van der Waals surface area contributed by atoms with Crippen LogP contribution in [-0.4, -0.2) is 35.9 Å². The van der Waals surface area contributed by atoms with Crippen LogP contribution in [0.1, 0.15) is 25.8 Å². The highest BCUT2D eigenvalue weighted by Gasteiger charge is 2.26. The molecule has 2 rings (SSSR count). The average molecular weight is 458 g/mol. The van der Waals surface area contributed by atoms with E-state index in [1.54, 1.807) is 49.4 Å². The Morgan fingerprint density at radius 3 is 2.38 bits per heavy atom. The van der Waals surface area contributed by atoms with Crippen molar-refractivity contribution in [2.45, 2.75) is 32.9 Å². The Kier molecular flexibility index (Phi) is 9.08. The van der Waals surface area contributed by atoms with Gasteiger partial charge in [-0.3, -0.25) is 9.59 Å². The summed E-state index contributed by atoms with van der Waals surface area (Å²) in [5.74, 6) is -0.0442. The Balaban J connectivity index is 2.15. The van der Waals surface area contributed by atoms with Crippen molar-refractivity contribution in [1.29, 1.82) is 0 Å². The summed E-state index contributed by atoms with van der Waals surface area (Å²) in [6, 6.07) is 11.1. The zero-order chi connectivity index (χ0) is 21.4. The van der Waals surface area contributed by atoms with Crippen molar-refractivity contribution in [1.82, 2.24) is 10.2 Å². The van der Waals surface area contributed by atoms with Gasteiger partial charge in [-0.15, -0.1) is 0 Å². The second-order valence-corrected chi connectivity index (χ2v) is 7.73. The molecule has 0 aromatic heterocycles. The van der Waals surface area contributed by atoms with Crippen molar-refractivity contribution in [3.05, 3.63) is 63.1 Å². The molecule has 2 amide bonds. The molecule has 2 aromatic rings. The summed E-state index contributed by atoms with van der Waals surface area (Å²) in [5.41, 5.74) is 0.759. The topological polar surface area (TPSA) is 58.6 Å². The molecule has 1 atom stereocenters. The molecule has 0 aliphatic rings. The summed E-state index contributed by atoms with van der Waals surface area (Å²) in [5, 5.41) is 4.20. The zero-order valence-corrected chi connectivity index (χ0v) is 18.5. The Morgan fingerprint density at radius 2 is 1.76 bits per heavy atom. The minimum Gasteiger partial charge on any atom is -0.484 e. The number of rotatable bonds is 9. The fraction of sp³-hybridized carbons (Fsp3) is 0.333. The fourth-order valence-electron chi connectivity index (χ4n) is 2.57. The van der Waals surface area contributed by atoms with Crippen molar-refractivity contribution in [3.63, 3.8) is 0 Å². The third-order valence-corrected chi connectivity index (χ3v) is 5.22. The van der Waals surface area contributed by atoms with Gasteiger partial charge >= 0.3 is 0 Å². The molecule has 0 heterocycles. The molecule has 0 unspecified atom stereocenters. The number of hydrogen-bond acceptors (Lipinski definition) is 3. The van der Waals surface area contributed by atoms with Crippen molar-refractivity contribution in [2.24, 2.45) is 0 Å². The molecule has 156 valence electrons. The van der Waals surface area contributed by atoms with Crippen LogP contribution < -0.4 is 10.1 Å². The lowest BCUT2D eigenvalue weighted by Crippen LogP contribution is -2.49. The lowest BCUT2D eigenvalue weighted by atomic mass is 10.1. The minimum absolute atomic E-state index is 0.195. The van der Waals surface area contributed by atoms with Gasteiger partial charge in [-0.25, -0.2) is 0 Å². The van der Waals surface area contributed by atoms with Crippen LogP contribution in [-0.2, 0) is 16.1 Å². The first-order valence-corrected chi connectivity index (χ1v) is 10.3. The molecular formula is C21H23Cl3N2O3. The molecule has 2 aromatic carbocycles. The van der Waals surface area contributed by atoms with E-state index < -0.39 is 6.04 Å². The standard InChI is InChI=1S/C21H23Cl3N2O3/c1-3-10-25-21(28)14(2)26(12-15-4-9-18(23)19(24)11-15)20(27)13-29-17-7-5-16(22)6-8-17/h4-9,11,14H,3,10,12-13H2,1-2H3,(H,25,28)/t14-/m1/s1. The second-order valence-electron chi connectivity index (χ2n) is 6.48. The summed E-state index contributed by atoms with van der Waals surface area (Å²) < 4.78 is 5.57. The van der Waals surface area contributed by atoms with Gasteiger partial charge in [0.15, 0.2) is 6.61 Å². The molecule has 29 heavy (non-hydrogen) atoms. The smallest absolute Gasteiger partial charge is 0.261 e.